The lowest BCUT2D eigenvalue weighted by Crippen LogP contribution is -2.37. The van der Waals surface area contributed by atoms with Crippen molar-refractivity contribution in [3.8, 4) is 0 Å². The van der Waals surface area contributed by atoms with Crippen molar-refractivity contribution in [1.29, 1.82) is 0 Å². The number of nitrogens with zero attached hydrogens (tertiary/aromatic N) is 1. The molecule has 4 atom stereocenters. The van der Waals surface area contributed by atoms with E-state index in [0.29, 0.717) is 36.1 Å². The van der Waals surface area contributed by atoms with Crippen LogP contribution in [0.1, 0.15) is 78.1 Å². The van der Waals surface area contributed by atoms with Gasteiger partial charge in [0.15, 0.2) is 6.10 Å². The number of epoxide rings is 1. The van der Waals surface area contributed by atoms with Gasteiger partial charge in [-0.15, -0.1) is 0 Å². The number of hydrogen-bond acceptors (Lipinski definition) is 9. The third kappa shape index (κ3) is 22.5. The first-order valence-corrected chi connectivity index (χ1v) is 16.2. The first-order chi connectivity index (χ1) is 19.4. The summed E-state index contributed by atoms with van der Waals surface area (Å²) in [6.07, 6.45) is 21.6. The second-order valence-corrected chi connectivity index (χ2v) is 12.6. The fourth-order valence-electron chi connectivity index (χ4n) is 3.70. The normalized spacial score (nSPS) is 19.6. The summed E-state index contributed by atoms with van der Waals surface area (Å²) in [5.41, 5.74) is 0. The van der Waals surface area contributed by atoms with Gasteiger partial charge in [-0.25, -0.2) is 0 Å². The van der Waals surface area contributed by atoms with Gasteiger partial charge in [-0.3, -0.25) is 14.2 Å². The standard InChI is InChI=1S/C30H52NO9P/c1-6-7-16-19-28-29(40-28)20-17-14-12-10-8-9-11-13-15-18-21-30(33)39-27(24-36-26(2)32)25-38-41(34,35)37-23-22-31(3,4)5/h8,10-11,13-14,17,27-29H,6-7,9,12,15-16,18-25H2,1-5H3/b10-8-,13-11-,17-14-/t27-,28?,29?/m1/s1. The van der Waals surface area contributed by atoms with Crippen LogP contribution >= 0.6 is 7.82 Å². The first-order valence-electron chi connectivity index (χ1n) is 14.8. The Morgan fingerprint density at radius 3 is 2.29 bits per heavy atom. The molecule has 0 aromatic rings. The highest BCUT2D eigenvalue weighted by molar-refractivity contribution is 7.45. The molecule has 0 amide bonds. The summed E-state index contributed by atoms with van der Waals surface area (Å²) in [5.74, 6) is -1.11. The van der Waals surface area contributed by atoms with E-state index in [9.17, 15) is 19.0 Å². The highest BCUT2D eigenvalue weighted by atomic mass is 31.2. The molecule has 0 N–H and O–H groups in total. The molecule has 1 saturated heterocycles. The molecule has 41 heavy (non-hydrogen) atoms. The predicted molar refractivity (Wildman–Crippen MR) is 157 cm³/mol. The molecule has 1 aliphatic heterocycles. The van der Waals surface area contributed by atoms with Gasteiger partial charge < -0.3 is 32.6 Å². The maximum absolute atomic E-state index is 12.2. The summed E-state index contributed by atoms with van der Waals surface area (Å²) in [4.78, 5) is 35.4. The lowest BCUT2D eigenvalue weighted by molar-refractivity contribution is -0.870. The van der Waals surface area contributed by atoms with Crippen molar-refractivity contribution < 1.29 is 46.8 Å². The average molecular weight is 602 g/mol. The number of phosphoric ester groups is 1. The molecule has 1 fully saturated rings. The minimum Gasteiger partial charge on any atom is -0.756 e. The number of esters is 2. The molecular weight excluding hydrogens is 549 g/mol. The van der Waals surface area contributed by atoms with Gasteiger partial charge in [-0.2, -0.15) is 0 Å². The molecule has 1 rings (SSSR count). The van der Waals surface area contributed by atoms with Crippen molar-refractivity contribution in [2.75, 3.05) is 47.5 Å². The highest BCUT2D eigenvalue weighted by Gasteiger charge is 2.36. The number of phosphoric acid groups is 1. The van der Waals surface area contributed by atoms with Crippen molar-refractivity contribution in [2.45, 2.75) is 96.4 Å². The van der Waals surface area contributed by atoms with Crippen molar-refractivity contribution >= 4 is 19.8 Å². The fourth-order valence-corrected chi connectivity index (χ4v) is 4.43. The summed E-state index contributed by atoms with van der Waals surface area (Å²) in [7, 11) is 1.11. The molecule has 1 heterocycles. The van der Waals surface area contributed by atoms with Crippen molar-refractivity contribution in [1.82, 2.24) is 0 Å². The number of ether oxygens (including phenoxy) is 3. The average Bonchev–Trinajstić information content (AvgIpc) is 3.63. The summed E-state index contributed by atoms with van der Waals surface area (Å²) < 4.78 is 38.1. The van der Waals surface area contributed by atoms with Gasteiger partial charge in [0.1, 0.15) is 19.8 Å². The number of rotatable bonds is 24. The van der Waals surface area contributed by atoms with Gasteiger partial charge in [0.25, 0.3) is 7.82 Å². The van der Waals surface area contributed by atoms with Crippen LogP contribution in [0.25, 0.3) is 0 Å². The third-order valence-electron chi connectivity index (χ3n) is 6.14. The van der Waals surface area contributed by atoms with Crippen molar-refractivity contribution in [3.63, 3.8) is 0 Å². The van der Waals surface area contributed by atoms with Gasteiger partial charge in [-0.1, -0.05) is 62.6 Å². The molecule has 11 heteroatoms. The molecule has 0 spiro atoms. The Morgan fingerprint density at radius 2 is 1.63 bits per heavy atom. The van der Waals surface area contributed by atoms with Gasteiger partial charge in [0.2, 0.25) is 0 Å². The zero-order valence-corrected chi connectivity index (χ0v) is 26.6. The van der Waals surface area contributed by atoms with E-state index in [0.717, 1.165) is 19.3 Å². The van der Waals surface area contributed by atoms with Gasteiger partial charge in [0.05, 0.1) is 40.0 Å². The zero-order chi connectivity index (χ0) is 30.6. The third-order valence-corrected chi connectivity index (χ3v) is 7.11. The lowest BCUT2D eigenvalue weighted by Gasteiger charge is -2.28. The molecule has 0 aromatic carbocycles. The lowest BCUT2D eigenvalue weighted by atomic mass is 10.1. The second-order valence-electron chi connectivity index (χ2n) is 11.2. The number of allylic oxidation sites excluding steroid dienone is 5. The van der Waals surface area contributed by atoms with E-state index < -0.39 is 32.5 Å². The van der Waals surface area contributed by atoms with Gasteiger partial charge >= 0.3 is 11.9 Å². The van der Waals surface area contributed by atoms with E-state index in [2.05, 4.69) is 31.2 Å². The number of hydrogen-bond donors (Lipinski definition) is 0. The predicted octanol–water partition coefficient (Wildman–Crippen LogP) is 5.03. The summed E-state index contributed by atoms with van der Waals surface area (Å²) in [6, 6.07) is 0. The number of quaternary nitrogens is 1. The maximum atomic E-state index is 12.2. The van der Waals surface area contributed by atoms with E-state index >= 15 is 0 Å². The Morgan fingerprint density at radius 1 is 0.951 bits per heavy atom. The van der Waals surface area contributed by atoms with Crippen LogP contribution in [0.3, 0.4) is 0 Å². The topological polar surface area (TPSA) is 124 Å². The molecule has 0 bridgehead atoms. The minimum absolute atomic E-state index is 0.0467. The molecule has 1 aliphatic rings. The van der Waals surface area contributed by atoms with Crippen LogP contribution in [0.4, 0.5) is 0 Å². The van der Waals surface area contributed by atoms with E-state index in [-0.39, 0.29) is 19.6 Å². The van der Waals surface area contributed by atoms with Crippen LogP contribution in [0.15, 0.2) is 36.5 Å². The van der Waals surface area contributed by atoms with Crippen LogP contribution in [0, 0.1) is 0 Å². The Hall–Kier alpha value is -1.81. The van der Waals surface area contributed by atoms with Crippen molar-refractivity contribution in [3.05, 3.63) is 36.5 Å². The second kappa shape index (κ2) is 21.0. The van der Waals surface area contributed by atoms with E-state index in [1.807, 2.05) is 33.3 Å². The minimum atomic E-state index is -4.60. The Balaban J connectivity index is 2.20. The highest BCUT2D eigenvalue weighted by Crippen LogP contribution is 2.38. The summed E-state index contributed by atoms with van der Waals surface area (Å²) in [6.45, 7) is 3.02. The summed E-state index contributed by atoms with van der Waals surface area (Å²) in [5, 5.41) is 0. The van der Waals surface area contributed by atoms with E-state index in [1.165, 1.54) is 32.6 Å². The maximum Gasteiger partial charge on any atom is 0.306 e. The molecule has 3 unspecified atom stereocenters. The fraction of sp³-hybridized carbons (Fsp3) is 0.733. The van der Waals surface area contributed by atoms with Crippen LogP contribution in [0.2, 0.25) is 0 Å². The number of likely N-dealkylation sites (N-methyl/N-ethyl adjacent to an activating group) is 1. The molecule has 236 valence electrons. The molecule has 0 aliphatic carbocycles. The summed E-state index contributed by atoms with van der Waals surface area (Å²) >= 11 is 0. The quantitative estimate of drug-likeness (QED) is 0.0374. The molecule has 0 saturated carbocycles. The molecular formula is C30H52NO9P. The number of carbonyl (C=O) groups is 2. The number of carbonyl (C=O) groups excluding carboxylic acids is 2. The smallest absolute Gasteiger partial charge is 0.306 e. The molecule has 0 radical (unpaired) electrons. The van der Waals surface area contributed by atoms with Crippen LogP contribution in [0.5, 0.6) is 0 Å². The van der Waals surface area contributed by atoms with Gasteiger partial charge in [0, 0.05) is 13.3 Å². The zero-order valence-electron chi connectivity index (χ0n) is 25.7. The van der Waals surface area contributed by atoms with E-state index in [1.54, 1.807) is 0 Å². The molecule has 10 nitrogen and oxygen atoms in total. The van der Waals surface area contributed by atoms with Gasteiger partial charge in [-0.05, 0) is 38.5 Å². The SMILES string of the molecule is CCCCCC1OC1C/C=C\C/C=C\C/C=C\CCCC(=O)O[C@H](COC(C)=O)COP(=O)([O-])OCC[N+](C)(C)C. The van der Waals surface area contributed by atoms with E-state index in [4.69, 9.17) is 23.3 Å². The van der Waals surface area contributed by atoms with Crippen LogP contribution in [-0.2, 0) is 37.4 Å². The number of unbranched alkanes of at least 4 members (excludes halogenated alkanes) is 3. The largest absolute Gasteiger partial charge is 0.756 e. The Labute approximate surface area is 246 Å². The Bertz CT molecular complexity index is 882. The van der Waals surface area contributed by atoms with Crippen LogP contribution in [-0.4, -0.2) is 82.2 Å². The van der Waals surface area contributed by atoms with Crippen molar-refractivity contribution in [2.24, 2.45) is 0 Å². The van der Waals surface area contributed by atoms with Crippen LogP contribution < -0.4 is 4.89 Å². The monoisotopic (exact) mass is 601 g/mol. The molecule has 0 aromatic heterocycles. The first kappa shape index (κ1) is 37.2. The Kier molecular flexibility index (Phi) is 19.0.